The first kappa shape index (κ1) is 25.9. The van der Waals surface area contributed by atoms with Crippen LogP contribution in [0.15, 0.2) is 48.8 Å². The van der Waals surface area contributed by atoms with Crippen molar-refractivity contribution >= 4 is 28.8 Å². The van der Waals surface area contributed by atoms with Crippen molar-refractivity contribution in [1.29, 1.82) is 0 Å². The Morgan fingerprint density at radius 1 is 1.13 bits per heavy atom. The number of nitrogens with zero attached hydrogens (tertiary/aromatic N) is 2. The number of amides is 3. The number of rotatable bonds is 6. The zero-order valence-corrected chi connectivity index (χ0v) is 22.7. The highest BCUT2D eigenvalue weighted by molar-refractivity contribution is 6.01. The zero-order valence-electron chi connectivity index (χ0n) is 22.7. The molecule has 0 radical (unpaired) electrons. The van der Waals surface area contributed by atoms with E-state index >= 15 is 0 Å². The molecule has 1 fully saturated rings. The second kappa shape index (κ2) is 9.89. The molecule has 8 nitrogen and oxygen atoms in total. The van der Waals surface area contributed by atoms with Crippen molar-refractivity contribution in [3.05, 3.63) is 65.5 Å². The molecule has 0 spiro atoms. The Balaban J connectivity index is 1.59. The van der Waals surface area contributed by atoms with Crippen LogP contribution < -0.4 is 10.6 Å². The predicted molar refractivity (Wildman–Crippen MR) is 146 cm³/mol. The van der Waals surface area contributed by atoms with E-state index < -0.39 is 23.7 Å². The lowest BCUT2D eigenvalue weighted by Gasteiger charge is -2.46. The van der Waals surface area contributed by atoms with E-state index in [1.54, 1.807) is 11.2 Å². The lowest BCUT2D eigenvalue weighted by Crippen LogP contribution is -2.68. The van der Waals surface area contributed by atoms with E-state index in [-0.39, 0.29) is 29.6 Å². The normalized spacial score (nSPS) is 21.8. The number of piperazine rings is 1. The van der Waals surface area contributed by atoms with Crippen LogP contribution in [0.4, 0.5) is 0 Å². The number of aromatic nitrogens is 2. The van der Waals surface area contributed by atoms with E-state index in [4.69, 9.17) is 0 Å². The summed E-state index contributed by atoms with van der Waals surface area (Å²) in [5, 5.41) is 6.16. The summed E-state index contributed by atoms with van der Waals surface area (Å²) in [5.74, 6) is -0.907. The Bertz CT molecular complexity index is 1350. The predicted octanol–water partition coefficient (Wildman–Crippen LogP) is 3.68. The Kier molecular flexibility index (Phi) is 6.75. The second-order valence-corrected chi connectivity index (χ2v) is 11.8. The van der Waals surface area contributed by atoms with Crippen LogP contribution in [0.1, 0.15) is 63.8 Å². The molecule has 1 aliphatic heterocycles. The molecule has 2 aliphatic rings. The summed E-state index contributed by atoms with van der Waals surface area (Å²) in [6.07, 6.45) is 3.73. The number of imidazole rings is 1. The van der Waals surface area contributed by atoms with Crippen LogP contribution in [0.5, 0.6) is 0 Å². The van der Waals surface area contributed by atoms with Gasteiger partial charge in [-0.3, -0.25) is 14.4 Å². The van der Waals surface area contributed by atoms with Gasteiger partial charge < -0.3 is 20.5 Å². The fraction of sp³-hybridized carbons (Fsp3) is 0.467. The average molecular weight is 516 g/mol. The van der Waals surface area contributed by atoms with E-state index in [0.717, 1.165) is 11.0 Å². The van der Waals surface area contributed by atoms with Crippen LogP contribution in [0.3, 0.4) is 0 Å². The van der Waals surface area contributed by atoms with Gasteiger partial charge in [-0.05, 0) is 74.3 Å². The lowest BCUT2D eigenvalue weighted by molar-refractivity contribution is -0.159. The van der Waals surface area contributed by atoms with Crippen molar-refractivity contribution in [2.45, 2.75) is 77.5 Å². The minimum atomic E-state index is -0.967. The van der Waals surface area contributed by atoms with E-state index in [1.807, 2.05) is 65.0 Å². The molecule has 3 N–H and O–H groups in total. The highest BCUT2D eigenvalue weighted by Gasteiger charge is 2.51. The van der Waals surface area contributed by atoms with E-state index in [0.29, 0.717) is 24.8 Å². The van der Waals surface area contributed by atoms with Gasteiger partial charge in [-0.1, -0.05) is 50.6 Å². The van der Waals surface area contributed by atoms with Gasteiger partial charge in [-0.15, -0.1) is 0 Å². The lowest BCUT2D eigenvalue weighted by atomic mass is 9.85. The van der Waals surface area contributed by atoms with Crippen molar-refractivity contribution in [1.82, 2.24) is 25.5 Å². The molecule has 2 heterocycles. The van der Waals surface area contributed by atoms with Crippen molar-refractivity contribution in [3.63, 3.8) is 0 Å². The van der Waals surface area contributed by atoms with Gasteiger partial charge in [0, 0.05) is 5.54 Å². The van der Waals surface area contributed by atoms with Crippen LogP contribution >= 0.6 is 0 Å². The van der Waals surface area contributed by atoms with Gasteiger partial charge in [0.05, 0.1) is 17.4 Å². The molecule has 1 saturated heterocycles. The van der Waals surface area contributed by atoms with Gasteiger partial charge in [0.2, 0.25) is 17.7 Å². The minimum Gasteiger partial charge on any atom is -0.349 e. The maximum atomic E-state index is 14.4. The Morgan fingerprint density at radius 2 is 1.82 bits per heavy atom. The molecule has 5 rings (SSSR count). The molecule has 3 amide bonds. The number of carbonyl (C=O) groups is 3. The standard InChI is InChI=1S/C30H37N5O3/c1-6-17(2)25-27(36)33-24(21-13-18-9-7-8-10-19(18)14-21)29(38)35(25)26(28(37)34-30(3,4)5)20-11-12-22-23(15-20)32-16-31-22/h7-12,15-17,21,24-26H,6,13-14H2,1-5H3,(H,31,32)(H,33,36)(H,34,37)/t17-,24?,25-,26?/m1/s1. The summed E-state index contributed by atoms with van der Waals surface area (Å²) in [5.41, 5.74) is 4.09. The van der Waals surface area contributed by atoms with E-state index in [2.05, 4.69) is 32.7 Å². The third-order valence-electron chi connectivity index (χ3n) is 7.91. The summed E-state index contributed by atoms with van der Waals surface area (Å²) in [6.45, 7) is 9.70. The maximum absolute atomic E-state index is 14.4. The van der Waals surface area contributed by atoms with Gasteiger partial charge in [0.1, 0.15) is 18.1 Å². The summed E-state index contributed by atoms with van der Waals surface area (Å²) in [7, 11) is 0. The maximum Gasteiger partial charge on any atom is 0.247 e. The number of aromatic amines is 1. The molecule has 2 unspecified atom stereocenters. The van der Waals surface area contributed by atoms with Crippen LogP contribution in [0.2, 0.25) is 0 Å². The molecule has 200 valence electrons. The number of hydrogen-bond donors (Lipinski definition) is 3. The minimum absolute atomic E-state index is 0.0642. The fourth-order valence-corrected chi connectivity index (χ4v) is 5.92. The van der Waals surface area contributed by atoms with Gasteiger partial charge in [-0.25, -0.2) is 4.98 Å². The molecule has 2 aromatic carbocycles. The highest BCUT2D eigenvalue weighted by atomic mass is 16.2. The molecule has 38 heavy (non-hydrogen) atoms. The molecule has 8 heteroatoms. The van der Waals surface area contributed by atoms with Crippen LogP contribution in [0.25, 0.3) is 11.0 Å². The molecule has 3 aromatic rings. The first-order valence-electron chi connectivity index (χ1n) is 13.5. The molecule has 1 aliphatic carbocycles. The number of hydrogen-bond acceptors (Lipinski definition) is 4. The summed E-state index contributed by atoms with van der Waals surface area (Å²) in [4.78, 5) is 51.2. The molecule has 0 saturated carbocycles. The second-order valence-electron chi connectivity index (χ2n) is 11.8. The summed E-state index contributed by atoms with van der Waals surface area (Å²) < 4.78 is 0. The zero-order chi connectivity index (χ0) is 27.2. The van der Waals surface area contributed by atoms with E-state index in [1.165, 1.54) is 11.1 Å². The third-order valence-corrected chi connectivity index (χ3v) is 7.91. The molecular formula is C30H37N5O3. The van der Waals surface area contributed by atoms with E-state index in [9.17, 15) is 14.4 Å². The van der Waals surface area contributed by atoms with Crippen LogP contribution in [-0.4, -0.2) is 50.2 Å². The monoisotopic (exact) mass is 515 g/mol. The number of H-pyrrole nitrogens is 1. The third kappa shape index (κ3) is 4.79. The Hall–Kier alpha value is -3.68. The Morgan fingerprint density at radius 3 is 2.45 bits per heavy atom. The first-order valence-corrected chi connectivity index (χ1v) is 13.5. The van der Waals surface area contributed by atoms with Crippen molar-refractivity contribution in [3.8, 4) is 0 Å². The van der Waals surface area contributed by atoms with Crippen molar-refractivity contribution in [2.24, 2.45) is 11.8 Å². The topological polar surface area (TPSA) is 107 Å². The quantitative estimate of drug-likeness (QED) is 0.466. The Labute approximate surface area is 223 Å². The van der Waals surface area contributed by atoms with Crippen molar-refractivity contribution < 1.29 is 14.4 Å². The number of nitrogens with one attached hydrogen (secondary N) is 3. The van der Waals surface area contributed by atoms with Gasteiger partial charge in [0.15, 0.2) is 0 Å². The fourth-order valence-electron chi connectivity index (χ4n) is 5.92. The number of carbonyl (C=O) groups excluding carboxylic acids is 3. The molecule has 0 bridgehead atoms. The molecule has 4 atom stereocenters. The van der Waals surface area contributed by atoms with Gasteiger partial charge in [-0.2, -0.15) is 0 Å². The summed E-state index contributed by atoms with van der Waals surface area (Å²) in [6, 6.07) is 11.3. The number of benzene rings is 2. The smallest absolute Gasteiger partial charge is 0.247 e. The summed E-state index contributed by atoms with van der Waals surface area (Å²) >= 11 is 0. The molecule has 1 aromatic heterocycles. The van der Waals surface area contributed by atoms with Crippen molar-refractivity contribution in [2.75, 3.05) is 0 Å². The van der Waals surface area contributed by atoms with Gasteiger partial charge >= 0.3 is 0 Å². The van der Waals surface area contributed by atoms with Crippen LogP contribution in [-0.2, 0) is 27.2 Å². The average Bonchev–Trinajstić information content (AvgIpc) is 3.51. The number of fused-ring (bicyclic) bond motifs is 2. The first-order chi connectivity index (χ1) is 18.1. The SMILES string of the molecule is CC[C@@H](C)[C@@H]1C(=O)NC(C2Cc3ccccc3C2)C(=O)N1C(C(=O)NC(C)(C)C)c1ccc2nc[nH]c2c1. The molecular weight excluding hydrogens is 478 g/mol. The van der Waals surface area contributed by atoms with Gasteiger partial charge in [0.25, 0.3) is 0 Å². The highest BCUT2D eigenvalue weighted by Crippen LogP contribution is 2.36. The largest absolute Gasteiger partial charge is 0.349 e. The van der Waals surface area contributed by atoms with Crippen LogP contribution in [0, 0.1) is 11.8 Å².